The quantitative estimate of drug-likeness (QED) is 0.927. The van der Waals surface area contributed by atoms with Crippen LogP contribution in [-0.2, 0) is 11.3 Å². The van der Waals surface area contributed by atoms with E-state index in [4.69, 9.17) is 9.84 Å². The summed E-state index contributed by atoms with van der Waals surface area (Å²) in [5, 5.41) is 8.98. The molecule has 1 aromatic rings. The normalized spacial score (nSPS) is 20.0. The van der Waals surface area contributed by atoms with Crippen molar-refractivity contribution in [2.24, 2.45) is 5.92 Å². The molecule has 5 heteroatoms. The summed E-state index contributed by atoms with van der Waals surface area (Å²) in [5.41, 5.74) is 1.08. The largest absolute Gasteiger partial charge is 0.496 e. The second kappa shape index (κ2) is 5.71. The summed E-state index contributed by atoms with van der Waals surface area (Å²) in [6.07, 6.45) is 0.728. The molecule has 1 aliphatic rings. The Labute approximate surface area is 115 Å². The number of nitrogens with zero attached hydrogens (tertiary/aromatic N) is 1. The number of carboxylic acid groups (broad SMARTS) is 1. The molecule has 1 aromatic carbocycles. The van der Waals surface area contributed by atoms with Gasteiger partial charge in [-0.1, -0.05) is 15.9 Å². The van der Waals surface area contributed by atoms with Crippen LogP contribution in [0.1, 0.15) is 12.0 Å². The van der Waals surface area contributed by atoms with Gasteiger partial charge < -0.3 is 9.84 Å². The van der Waals surface area contributed by atoms with Gasteiger partial charge in [0.2, 0.25) is 0 Å². The predicted molar refractivity (Wildman–Crippen MR) is 71.7 cm³/mol. The van der Waals surface area contributed by atoms with Gasteiger partial charge in [-0.2, -0.15) is 0 Å². The van der Waals surface area contributed by atoms with Crippen LogP contribution in [0.3, 0.4) is 0 Å². The molecule has 0 saturated carbocycles. The average molecular weight is 314 g/mol. The van der Waals surface area contributed by atoms with E-state index in [2.05, 4.69) is 20.8 Å². The van der Waals surface area contributed by atoms with E-state index in [1.165, 1.54) is 0 Å². The molecule has 2 rings (SSSR count). The van der Waals surface area contributed by atoms with Crippen LogP contribution in [0, 0.1) is 5.92 Å². The monoisotopic (exact) mass is 313 g/mol. The van der Waals surface area contributed by atoms with Crippen molar-refractivity contribution in [1.82, 2.24) is 4.90 Å². The fourth-order valence-corrected chi connectivity index (χ4v) is 2.70. The topological polar surface area (TPSA) is 49.8 Å². The number of ether oxygens (including phenoxy) is 1. The minimum absolute atomic E-state index is 0.233. The summed E-state index contributed by atoms with van der Waals surface area (Å²) in [6, 6.07) is 5.88. The van der Waals surface area contributed by atoms with Gasteiger partial charge >= 0.3 is 5.97 Å². The first-order valence-electron chi connectivity index (χ1n) is 5.87. The molecule has 0 amide bonds. The van der Waals surface area contributed by atoms with Crippen molar-refractivity contribution < 1.29 is 14.6 Å². The van der Waals surface area contributed by atoms with Gasteiger partial charge in [-0.15, -0.1) is 0 Å². The van der Waals surface area contributed by atoms with E-state index in [1.807, 2.05) is 18.2 Å². The van der Waals surface area contributed by atoms with Gasteiger partial charge in [-0.25, -0.2) is 0 Å². The lowest BCUT2D eigenvalue weighted by Crippen LogP contribution is -2.23. The number of halogens is 1. The van der Waals surface area contributed by atoms with Crippen LogP contribution in [0.5, 0.6) is 5.75 Å². The second-order valence-electron chi connectivity index (χ2n) is 4.52. The number of methoxy groups -OCH3 is 1. The lowest BCUT2D eigenvalue weighted by Gasteiger charge is -2.17. The molecule has 98 valence electrons. The third kappa shape index (κ3) is 3.03. The molecule has 18 heavy (non-hydrogen) atoms. The van der Waals surface area contributed by atoms with Crippen LogP contribution in [0.15, 0.2) is 22.7 Å². The number of aliphatic carboxylic acids is 1. The Morgan fingerprint density at radius 3 is 3.00 bits per heavy atom. The Morgan fingerprint density at radius 2 is 2.39 bits per heavy atom. The van der Waals surface area contributed by atoms with E-state index in [1.54, 1.807) is 7.11 Å². The Hall–Kier alpha value is -1.07. The number of likely N-dealkylation sites (tertiary alicyclic amines) is 1. The minimum atomic E-state index is -0.696. The molecule has 4 nitrogen and oxygen atoms in total. The Balaban J connectivity index is 2.06. The maximum atomic E-state index is 10.9. The van der Waals surface area contributed by atoms with Crippen LogP contribution in [0.4, 0.5) is 0 Å². The molecular weight excluding hydrogens is 298 g/mol. The number of benzene rings is 1. The predicted octanol–water partition coefficient (Wildman–Crippen LogP) is 2.36. The van der Waals surface area contributed by atoms with Gasteiger partial charge in [0.25, 0.3) is 0 Å². The second-order valence-corrected chi connectivity index (χ2v) is 5.43. The van der Waals surface area contributed by atoms with E-state index in [9.17, 15) is 4.79 Å². The summed E-state index contributed by atoms with van der Waals surface area (Å²) in [4.78, 5) is 13.1. The van der Waals surface area contributed by atoms with Crippen molar-refractivity contribution >= 4 is 21.9 Å². The van der Waals surface area contributed by atoms with Gasteiger partial charge in [0.1, 0.15) is 5.75 Å². The Kier molecular flexibility index (Phi) is 4.24. The standard InChI is InChI=1S/C13H16BrNO3/c1-18-12-3-2-11(14)6-10(12)8-15-5-4-9(7-15)13(16)17/h2-3,6,9H,4-5,7-8H2,1H3,(H,16,17)/t9-/m1/s1. The highest BCUT2D eigenvalue weighted by molar-refractivity contribution is 9.10. The van der Waals surface area contributed by atoms with Crippen LogP contribution < -0.4 is 4.74 Å². The molecular formula is C13H16BrNO3. The first kappa shape index (κ1) is 13.4. The van der Waals surface area contributed by atoms with Crippen molar-refractivity contribution in [1.29, 1.82) is 0 Å². The van der Waals surface area contributed by atoms with Crippen LogP contribution >= 0.6 is 15.9 Å². The van der Waals surface area contributed by atoms with E-state index in [0.717, 1.165) is 35.3 Å². The molecule has 1 aliphatic heterocycles. The van der Waals surface area contributed by atoms with E-state index < -0.39 is 5.97 Å². The Bertz CT molecular complexity index is 450. The fraction of sp³-hybridized carbons (Fsp3) is 0.462. The molecule has 1 atom stereocenters. The van der Waals surface area contributed by atoms with E-state index in [-0.39, 0.29) is 5.92 Å². The van der Waals surface area contributed by atoms with Crippen LogP contribution in [-0.4, -0.2) is 36.2 Å². The molecule has 1 fully saturated rings. The molecule has 0 aromatic heterocycles. The maximum Gasteiger partial charge on any atom is 0.307 e. The molecule has 1 heterocycles. The lowest BCUT2D eigenvalue weighted by atomic mass is 10.1. The number of hydrogen-bond donors (Lipinski definition) is 1. The molecule has 0 aliphatic carbocycles. The zero-order valence-electron chi connectivity index (χ0n) is 10.2. The SMILES string of the molecule is COc1ccc(Br)cc1CN1CC[C@@H](C(=O)O)C1. The minimum Gasteiger partial charge on any atom is -0.496 e. The molecule has 0 radical (unpaired) electrons. The van der Waals surface area contributed by atoms with Gasteiger partial charge in [0.15, 0.2) is 0 Å². The maximum absolute atomic E-state index is 10.9. The highest BCUT2D eigenvalue weighted by Gasteiger charge is 2.28. The van der Waals surface area contributed by atoms with Gasteiger partial charge in [0.05, 0.1) is 13.0 Å². The fourth-order valence-electron chi connectivity index (χ4n) is 2.29. The summed E-state index contributed by atoms with van der Waals surface area (Å²) < 4.78 is 6.33. The van der Waals surface area contributed by atoms with Crippen molar-refractivity contribution in [3.63, 3.8) is 0 Å². The molecule has 1 N–H and O–H groups in total. The van der Waals surface area contributed by atoms with Crippen molar-refractivity contribution in [3.8, 4) is 5.75 Å². The van der Waals surface area contributed by atoms with E-state index >= 15 is 0 Å². The van der Waals surface area contributed by atoms with Crippen molar-refractivity contribution in [2.75, 3.05) is 20.2 Å². The first-order chi connectivity index (χ1) is 8.60. The molecule has 0 spiro atoms. The molecule has 0 unspecified atom stereocenters. The first-order valence-corrected chi connectivity index (χ1v) is 6.67. The third-order valence-electron chi connectivity index (χ3n) is 3.26. The number of carbonyl (C=O) groups is 1. The highest BCUT2D eigenvalue weighted by Crippen LogP contribution is 2.26. The smallest absolute Gasteiger partial charge is 0.307 e. The summed E-state index contributed by atoms with van der Waals surface area (Å²) in [5.74, 6) is -0.0844. The lowest BCUT2D eigenvalue weighted by molar-refractivity contribution is -0.141. The summed E-state index contributed by atoms with van der Waals surface area (Å²) in [6.45, 7) is 2.17. The van der Waals surface area contributed by atoms with Gasteiger partial charge in [-0.3, -0.25) is 9.69 Å². The number of carboxylic acids is 1. The van der Waals surface area contributed by atoms with Crippen LogP contribution in [0.2, 0.25) is 0 Å². The van der Waals surface area contributed by atoms with Gasteiger partial charge in [0, 0.05) is 23.1 Å². The van der Waals surface area contributed by atoms with Crippen LogP contribution in [0.25, 0.3) is 0 Å². The van der Waals surface area contributed by atoms with Crippen molar-refractivity contribution in [2.45, 2.75) is 13.0 Å². The number of rotatable bonds is 4. The van der Waals surface area contributed by atoms with Gasteiger partial charge in [-0.05, 0) is 31.2 Å². The Morgan fingerprint density at radius 1 is 1.61 bits per heavy atom. The summed E-state index contributed by atoms with van der Waals surface area (Å²) in [7, 11) is 1.65. The number of hydrogen-bond acceptors (Lipinski definition) is 3. The van der Waals surface area contributed by atoms with Crippen molar-refractivity contribution in [3.05, 3.63) is 28.2 Å². The average Bonchev–Trinajstić information content (AvgIpc) is 2.78. The molecule has 1 saturated heterocycles. The highest BCUT2D eigenvalue weighted by atomic mass is 79.9. The molecule has 0 bridgehead atoms. The zero-order valence-corrected chi connectivity index (χ0v) is 11.8. The third-order valence-corrected chi connectivity index (χ3v) is 3.75. The van der Waals surface area contributed by atoms with E-state index in [0.29, 0.717) is 6.54 Å². The zero-order chi connectivity index (χ0) is 13.1. The summed E-state index contributed by atoms with van der Waals surface area (Å²) >= 11 is 3.44.